The number of hydrogen-bond acceptors (Lipinski definition) is 4. The van der Waals surface area contributed by atoms with Crippen LogP contribution in [0.2, 0.25) is 0 Å². The Morgan fingerprint density at radius 2 is 2.22 bits per heavy atom. The van der Waals surface area contributed by atoms with Gasteiger partial charge in [0.15, 0.2) is 10.9 Å². The van der Waals surface area contributed by atoms with Gasteiger partial charge in [0.2, 0.25) is 0 Å². The summed E-state index contributed by atoms with van der Waals surface area (Å²) in [6.45, 7) is 1.84. The summed E-state index contributed by atoms with van der Waals surface area (Å²) in [5, 5.41) is 8.53. The van der Waals surface area contributed by atoms with Gasteiger partial charge < -0.3 is 4.57 Å². The first-order valence-corrected chi connectivity index (χ1v) is 6.34. The number of benzene rings is 1. The van der Waals surface area contributed by atoms with Crippen molar-refractivity contribution in [2.75, 3.05) is 5.75 Å². The zero-order chi connectivity index (χ0) is 13.1. The maximum atomic E-state index is 13.0. The van der Waals surface area contributed by atoms with Gasteiger partial charge in [-0.15, -0.1) is 10.2 Å². The van der Waals surface area contributed by atoms with Crippen molar-refractivity contribution in [3.8, 4) is 0 Å². The Bertz CT molecular complexity index is 582. The van der Waals surface area contributed by atoms with Crippen molar-refractivity contribution in [1.29, 1.82) is 0 Å². The second-order valence-corrected chi connectivity index (χ2v) is 4.75. The van der Waals surface area contributed by atoms with E-state index in [4.69, 9.17) is 0 Å². The fourth-order valence-electron chi connectivity index (χ4n) is 1.39. The van der Waals surface area contributed by atoms with Crippen molar-refractivity contribution in [3.63, 3.8) is 0 Å². The molecule has 0 saturated carbocycles. The fourth-order valence-corrected chi connectivity index (χ4v) is 2.24. The Hall–Kier alpha value is -1.69. The van der Waals surface area contributed by atoms with E-state index in [0.717, 1.165) is 5.82 Å². The Morgan fingerprint density at radius 3 is 2.83 bits per heavy atom. The Balaban J connectivity index is 2.03. The molecule has 0 fully saturated rings. The molecule has 0 amide bonds. The Morgan fingerprint density at radius 1 is 1.44 bits per heavy atom. The first kappa shape index (κ1) is 12.8. The average molecular weight is 265 g/mol. The summed E-state index contributed by atoms with van der Waals surface area (Å²) >= 11 is 1.29. The molecule has 4 nitrogen and oxygen atoms in total. The van der Waals surface area contributed by atoms with Crippen molar-refractivity contribution >= 4 is 17.5 Å². The second kappa shape index (κ2) is 5.30. The van der Waals surface area contributed by atoms with Gasteiger partial charge >= 0.3 is 0 Å². The van der Waals surface area contributed by atoms with Crippen LogP contribution in [-0.4, -0.2) is 26.3 Å². The van der Waals surface area contributed by atoms with E-state index in [1.165, 1.54) is 30.0 Å². The highest BCUT2D eigenvalue weighted by molar-refractivity contribution is 7.99. The molecule has 1 heterocycles. The van der Waals surface area contributed by atoms with E-state index in [1.807, 2.05) is 18.5 Å². The molecule has 94 valence electrons. The van der Waals surface area contributed by atoms with Crippen molar-refractivity contribution in [2.24, 2.45) is 7.05 Å². The molecule has 0 N–H and O–H groups in total. The van der Waals surface area contributed by atoms with Gasteiger partial charge in [-0.25, -0.2) is 4.39 Å². The minimum atomic E-state index is -0.402. The summed E-state index contributed by atoms with van der Waals surface area (Å²) in [6, 6.07) is 5.69. The van der Waals surface area contributed by atoms with Gasteiger partial charge in [-0.3, -0.25) is 4.79 Å². The molecule has 0 spiro atoms. The number of Topliss-reactive ketones (excluding diaryl/α,β-unsaturated/α-hetero) is 1. The van der Waals surface area contributed by atoms with E-state index in [0.29, 0.717) is 10.7 Å². The number of halogens is 1. The summed E-state index contributed by atoms with van der Waals surface area (Å²) in [4.78, 5) is 11.8. The summed E-state index contributed by atoms with van der Waals surface area (Å²) in [5.41, 5.74) is 0.376. The summed E-state index contributed by atoms with van der Waals surface area (Å²) in [7, 11) is 1.84. The van der Waals surface area contributed by atoms with Crippen molar-refractivity contribution in [3.05, 3.63) is 41.5 Å². The van der Waals surface area contributed by atoms with E-state index in [9.17, 15) is 9.18 Å². The third kappa shape index (κ3) is 2.76. The molecule has 0 saturated heterocycles. The standard InChI is InChI=1S/C12H12FN3OS/c1-8-14-15-12(16(8)2)18-7-11(17)9-4-3-5-10(13)6-9/h3-6H,7H2,1-2H3. The van der Waals surface area contributed by atoms with Crippen molar-refractivity contribution in [1.82, 2.24) is 14.8 Å². The number of aryl methyl sites for hydroxylation is 1. The number of thioether (sulfide) groups is 1. The zero-order valence-electron chi connectivity index (χ0n) is 10.1. The van der Waals surface area contributed by atoms with E-state index < -0.39 is 5.82 Å². The number of carbonyl (C=O) groups excluding carboxylic acids is 1. The normalized spacial score (nSPS) is 10.6. The van der Waals surface area contributed by atoms with Crippen LogP contribution in [0.3, 0.4) is 0 Å². The number of hydrogen-bond donors (Lipinski definition) is 0. The largest absolute Gasteiger partial charge is 0.309 e. The van der Waals surface area contributed by atoms with Gasteiger partial charge in [0.05, 0.1) is 5.75 Å². The molecule has 2 aromatic rings. The van der Waals surface area contributed by atoms with Crippen LogP contribution in [0, 0.1) is 12.7 Å². The molecule has 0 bridgehead atoms. The first-order valence-electron chi connectivity index (χ1n) is 5.35. The fraction of sp³-hybridized carbons (Fsp3) is 0.250. The smallest absolute Gasteiger partial charge is 0.191 e. The lowest BCUT2D eigenvalue weighted by atomic mass is 10.1. The predicted octanol–water partition coefficient (Wildman–Crippen LogP) is 2.24. The Kier molecular flexibility index (Phi) is 3.76. The highest BCUT2D eigenvalue weighted by Gasteiger charge is 2.11. The van der Waals surface area contributed by atoms with Crippen LogP contribution in [0.15, 0.2) is 29.4 Å². The number of aromatic nitrogens is 3. The van der Waals surface area contributed by atoms with Gasteiger partial charge in [0, 0.05) is 12.6 Å². The lowest BCUT2D eigenvalue weighted by Crippen LogP contribution is -2.04. The molecule has 0 aliphatic rings. The van der Waals surface area contributed by atoms with Crippen LogP contribution in [0.4, 0.5) is 4.39 Å². The third-order valence-electron chi connectivity index (χ3n) is 2.53. The zero-order valence-corrected chi connectivity index (χ0v) is 10.9. The van der Waals surface area contributed by atoms with E-state index in [2.05, 4.69) is 10.2 Å². The summed E-state index contributed by atoms with van der Waals surface area (Å²) in [5.74, 6) is 0.478. The van der Waals surface area contributed by atoms with E-state index in [-0.39, 0.29) is 11.5 Å². The van der Waals surface area contributed by atoms with E-state index in [1.54, 1.807) is 6.07 Å². The number of rotatable bonds is 4. The molecule has 0 unspecified atom stereocenters. The van der Waals surface area contributed by atoms with Gasteiger partial charge in [0.25, 0.3) is 0 Å². The molecule has 1 aromatic heterocycles. The van der Waals surface area contributed by atoms with Gasteiger partial charge in [-0.1, -0.05) is 23.9 Å². The van der Waals surface area contributed by atoms with Crippen LogP contribution in [0.1, 0.15) is 16.2 Å². The predicted molar refractivity (Wildman–Crippen MR) is 67.2 cm³/mol. The molecule has 2 rings (SSSR count). The highest BCUT2D eigenvalue weighted by atomic mass is 32.2. The molecule has 1 aromatic carbocycles. The van der Waals surface area contributed by atoms with E-state index >= 15 is 0 Å². The molecule has 18 heavy (non-hydrogen) atoms. The third-order valence-corrected chi connectivity index (χ3v) is 3.55. The van der Waals surface area contributed by atoms with Crippen molar-refractivity contribution in [2.45, 2.75) is 12.1 Å². The minimum absolute atomic E-state index is 0.125. The minimum Gasteiger partial charge on any atom is -0.309 e. The van der Waals surface area contributed by atoms with Crippen LogP contribution < -0.4 is 0 Å². The molecule has 0 radical (unpaired) electrons. The molecule has 0 aliphatic heterocycles. The quantitative estimate of drug-likeness (QED) is 0.628. The number of ketones is 1. The molecule has 6 heteroatoms. The average Bonchev–Trinajstić information content (AvgIpc) is 2.67. The second-order valence-electron chi connectivity index (χ2n) is 3.81. The topological polar surface area (TPSA) is 47.8 Å². The lowest BCUT2D eigenvalue weighted by Gasteiger charge is -2.01. The maximum absolute atomic E-state index is 13.0. The van der Waals surface area contributed by atoms with Gasteiger partial charge in [0.1, 0.15) is 11.6 Å². The van der Waals surface area contributed by atoms with Crippen LogP contribution in [0.25, 0.3) is 0 Å². The number of carbonyl (C=O) groups is 1. The summed E-state index contributed by atoms with van der Waals surface area (Å²) in [6.07, 6.45) is 0. The first-order chi connectivity index (χ1) is 8.58. The van der Waals surface area contributed by atoms with Crippen molar-refractivity contribution < 1.29 is 9.18 Å². The Labute approximate surface area is 108 Å². The van der Waals surface area contributed by atoms with Crippen LogP contribution in [-0.2, 0) is 7.05 Å². The summed E-state index contributed by atoms with van der Waals surface area (Å²) < 4.78 is 14.8. The monoisotopic (exact) mass is 265 g/mol. The molecule has 0 aliphatic carbocycles. The molecular weight excluding hydrogens is 253 g/mol. The number of nitrogens with zero attached hydrogens (tertiary/aromatic N) is 3. The SMILES string of the molecule is Cc1nnc(SCC(=O)c2cccc(F)c2)n1C. The van der Waals surface area contributed by atoms with Gasteiger partial charge in [-0.2, -0.15) is 0 Å². The highest BCUT2D eigenvalue weighted by Crippen LogP contribution is 2.17. The molecule has 0 atom stereocenters. The molecular formula is C12H12FN3OS. The lowest BCUT2D eigenvalue weighted by molar-refractivity contribution is 0.102. The maximum Gasteiger partial charge on any atom is 0.191 e. The van der Waals surface area contributed by atoms with Crippen LogP contribution >= 0.6 is 11.8 Å². The van der Waals surface area contributed by atoms with Crippen LogP contribution in [0.5, 0.6) is 0 Å². The van der Waals surface area contributed by atoms with Gasteiger partial charge in [-0.05, 0) is 19.1 Å².